The van der Waals surface area contributed by atoms with Crippen LogP contribution in [0.4, 0.5) is 13.2 Å². The first kappa shape index (κ1) is 43.3. The summed E-state index contributed by atoms with van der Waals surface area (Å²) in [5.41, 5.74) is 0.0316. The van der Waals surface area contributed by atoms with Gasteiger partial charge >= 0.3 is 12.1 Å². The molecule has 60 heavy (non-hydrogen) atoms. The van der Waals surface area contributed by atoms with E-state index >= 15 is 0 Å². The minimum Gasteiger partial charge on any atom is -0.477 e. The lowest BCUT2D eigenvalue weighted by Gasteiger charge is -2.37. The Kier molecular flexibility index (Phi) is 12.7. The number of halogens is 4. The summed E-state index contributed by atoms with van der Waals surface area (Å²) in [6.45, 7) is 2.53. The standard InChI is InChI=1S/C27H30F3N3O4S.C15H15BrN2O4/c28-27(29,30)22-7-4-8-23(18-22)38(35,36)33-15-11-26(12-16-33)19-24(31-37-26)25(34)32-13-9-21(10-14-32)17-20-5-2-1-3-6-20;16-11-3-1-10(2-4-11)13(19)18-7-5-15(6-8-18)9-12(14(20)21)17-22-15/h1-8,18,21H,9-17,19H2;1-4H,5-9H2,(H,20,21). The summed E-state index contributed by atoms with van der Waals surface area (Å²) in [6.07, 6.45) is 0.587. The van der Waals surface area contributed by atoms with Crippen molar-refractivity contribution in [2.45, 2.75) is 80.1 Å². The van der Waals surface area contributed by atoms with E-state index < -0.39 is 43.8 Å². The van der Waals surface area contributed by atoms with Crippen LogP contribution >= 0.6 is 15.9 Å². The second-order valence-corrected chi connectivity index (χ2v) is 18.8. The fraction of sp³-hybridized carbons (Fsp3) is 0.452. The van der Waals surface area contributed by atoms with Gasteiger partial charge in [-0.15, -0.1) is 0 Å². The molecule has 3 fully saturated rings. The monoisotopic (exact) mass is 915 g/mol. The Bertz CT molecular complexity index is 2230. The molecule has 13 nitrogen and oxygen atoms in total. The highest BCUT2D eigenvalue weighted by molar-refractivity contribution is 9.10. The summed E-state index contributed by atoms with van der Waals surface area (Å²) in [5, 5.41) is 16.7. The fourth-order valence-corrected chi connectivity index (χ4v) is 10.0. The van der Waals surface area contributed by atoms with E-state index in [1.165, 1.54) is 15.9 Å². The number of carboxylic acid groups (broad SMARTS) is 1. The van der Waals surface area contributed by atoms with E-state index in [-0.39, 0.29) is 30.6 Å². The fourth-order valence-electron chi connectivity index (χ4n) is 8.29. The molecule has 0 saturated carbocycles. The van der Waals surface area contributed by atoms with E-state index in [9.17, 15) is 36.0 Å². The molecule has 1 N–H and O–H groups in total. The van der Waals surface area contributed by atoms with Gasteiger partial charge in [0.2, 0.25) is 10.0 Å². The van der Waals surface area contributed by atoms with Crippen molar-refractivity contribution in [2.75, 3.05) is 39.3 Å². The van der Waals surface area contributed by atoms with Crippen LogP contribution in [0.3, 0.4) is 0 Å². The molecule has 5 heterocycles. The number of hydrogen-bond donors (Lipinski definition) is 1. The number of likely N-dealkylation sites (tertiary alicyclic amines) is 2. The minimum atomic E-state index is -4.63. The normalized spacial score (nSPS) is 20.4. The van der Waals surface area contributed by atoms with E-state index in [1.54, 1.807) is 17.0 Å². The number of oxime groups is 2. The van der Waals surface area contributed by atoms with Gasteiger partial charge in [-0.3, -0.25) is 9.59 Å². The molecule has 320 valence electrons. The lowest BCUT2D eigenvalue weighted by atomic mass is 9.86. The molecule has 8 rings (SSSR count). The number of carbonyl (C=O) groups is 3. The number of aliphatic carboxylic acids is 1. The Balaban J connectivity index is 0.000000210. The number of nitrogens with zero attached hydrogens (tertiary/aromatic N) is 5. The molecule has 0 atom stereocenters. The Labute approximate surface area is 354 Å². The average Bonchev–Trinajstić information content (AvgIpc) is 3.86. The summed E-state index contributed by atoms with van der Waals surface area (Å²) < 4.78 is 67.4. The summed E-state index contributed by atoms with van der Waals surface area (Å²) in [6, 6.07) is 21.3. The van der Waals surface area contributed by atoms with E-state index in [4.69, 9.17) is 14.8 Å². The van der Waals surface area contributed by atoms with Crippen LogP contribution in [-0.4, -0.2) is 107 Å². The van der Waals surface area contributed by atoms with Crippen LogP contribution in [0.15, 0.2) is 98.5 Å². The van der Waals surface area contributed by atoms with Crippen LogP contribution in [0.2, 0.25) is 0 Å². The maximum Gasteiger partial charge on any atom is 0.416 e. The maximum absolute atomic E-state index is 13.1. The van der Waals surface area contributed by atoms with Crippen molar-refractivity contribution in [1.82, 2.24) is 14.1 Å². The number of carbonyl (C=O) groups excluding carboxylic acids is 2. The zero-order valence-corrected chi connectivity index (χ0v) is 35.1. The molecular formula is C42H45BrF3N5O8S. The third kappa shape index (κ3) is 9.86. The van der Waals surface area contributed by atoms with Crippen LogP contribution in [0.1, 0.15) is 72.9 Å². The number of alkyl halides is 3. The first-order chi connectivity index (χ1) is 28.5. The summed E-state index contributed by atoms with van der Waals surface area (Å²) in [4.78, 5) is 50.8. The van der Waals surface area contributed by atoms with E-state index in [0.717, 1.165) is 35.9 Å². The molecule has 2 amide bonds. The summed E-state index contributed by atoms with van der Waals surface area (Å²) in [5.74, 6) is -0.665. The van der Waals surface area contributed by atoms with Crippen molar-refractivity contribution in [3.05, 3.63) is 100 Å². The lowest BCUT2D eigenvalue weighted by Crippen LogP contribution is -2.48. The van der Waals surface area contributed by atoms with Crippen molar-refractivity contribution in [1.29, 1.82) is 0 Å². The first-order valence-electron chi connectivity index (χ1n) is 19.8. The number of rotatable bonds is 7. The molecule has 5 aliphatic rings. The quantitative estimate of drug-likeness (QED) is 0.272. The number of benzene rings is 3. The number of carboxylic acids is 1. The van der Waals surface area contributed by atoms with Gasteiger partial charge in [-0.05, 0) is 73.2 Å². The molecule has 5 aliphatic heterocycles. The molecule has 18 heteroatoms. The number of amides is 2. The van der Waals surface area contributed by atoms with Gasteiger partial charge < -0.3 is 24.6 Å². The van der Waals surface area contributed by atoms with Gasteiger partial charge in [0.25, 0.3) is 11.8 Å². The highest BCUT2D eigenvalue weighted by Gasteiger charge is 2.47. The topological polar surface area (TPSA) is 158 Å². The van der Waals surface area contributed by atoms with Crippen LogP contribution in [-0.2, 0) is 41.9 Å². The van der Waals surface area contributed by atoms with Crippen molar-refractivity contribution in [3.8, 4) is 0 Å². The SMILES string of the molecule is O=C(C1=NOC2(CCN(S(=O)(=O)c3cccc(C(F)(F)F)c3)CC2)C1)N1CCC(Cc2ccccc2)CC1.O=C(O)C1=NOC2(CCN(C(=O)c3ccc(Br)cc3)CC2)C1. The number of sulfonamides is 1. The number of piperidine rings is 3. The van der Waals surface area contributed by atoms with E-state index in [2.05, 4.69) is 38.4 Å². The van der Waals surface area contributed by atoms with Crippen molar-refractivity contribution >= 4 is 55.2 Å². The van der Waals surface area contributed by atoms with Crippen LogP contribution in [0, 0.1) is 5.92 Å². The molecule has 3 aromatic rings. The molecule has 0 bridgehead atoms. The number of hydrogen-bond acceptors (Lipinski definition) is 9. The van der Waals surface area contributed by atoms with Crippen LogP contribution in [0.5, 0.6) is 0 Å². The molecule has 2 spiro atoms. The van der Waals surface area contributed by atoms with Crippen molar-refractivity contribution < 1.29 is 50.8 Å². The molecule has 0 radical (unpaired) electrons. The van der Waals surface area contributed by atoms with Gasteiger partial charge in [-0.1, -0.05) is 62.6 Å². The Morgan fingerprint density at radius 3 is 1.90 bits per heavy atom. The van der Waals surface area contributed by atoms with Gasteiger partial charge in [0.15, 0.2) is 5.71 Å². The lowest BCUT2D eigenvalue weighted by molar-refractivity contribution is -0.137. The largest absolute Gasteiger partial charge is 0.477 e. The van der Waals surface area contributed by atoms with E-state index in [0.29, 0.717) is 88.0 Å². The van der Waals surface area contributed by atoms with Gasteiger partial charge in [-0.2, -0.15) is 17.5 Å². The third-order valence-corrected chi connectivity index (χ3v) is 14.4. The molecular weight excluding hydrogens is 871 g/mol. The highest BCUT2D eigenvalue weighted by Crippen LogP contribution is 2.38. The average molecular weight is 917 g/mol. The van der Waals surface area contributed by atoms with Crippen LogP contribution < -0.4 is 0 Å². The zero-order valence-electron chi connectivity index (χ0n) is 32.7. The predicted octanol–water partition coefficient (Wildman–Crippen LogP) is 6.77. The Morgan fingerprint density at radius 2 is 1.32 bits per heavy atom. The van der Waals surface area contributed by atoms with Gasteiger partial charge in [0, 0.05) is 87.8 Å². The molecule has 0 aromatic heterocycles. The summed E-state index contributed by atoms with van der Waals surface area (Å²) in [7, 11) is -4.10. The van der Waals surface area contributed by atoms with Crippen molar-refractivity contribution in [2.24, 2.45) is 16.2 Å². The highest BCUT2D eigenvalue weighted by atomic mass is 79.9. The van der Waals surface area contributed by atoms with Gasteiger partial charge in [-0.25, -0.2) is 13.2 Å². The van der Waals surface area contributed by atoms with Gasteiger partial charge in [0.05, 0.1) is 10.5 Å². The maximum atomic E-state index is 13.1. The second kappa shape index (κ2) is 17.7. The molecule has 0 aliphatic carbocycles. The smallest absolute Gasteiger partial charge is 0.416 e. The minimum absolute atomic E-state index is 0.0141. The van der Waals surface area contributed by atoms with Crippen LogP contribution in [0.25, 0.3) is 0 Å². The predicted molar refractivity (Wildman–Crippen MR) is 218 cm³/mol. The van der Waals surface area contributed by atoms with E-state index in [1.807, 2.05) is 35.2 Å². The Morgan fingerprint density at radius 1 is 0.750 bits per heavy atom. The first-order valence-corrected chi connectivity index (χ1v) is 22.1. The Hall–Kier alpha value is -4.81. The van der Waals surface area contributed by atoms with Gasteiger partial charge in [0.1, 0.15) is 16.9 Å². The third-order valence-electron chi connectivity index (χ3n) is 11.9. The molecule has 3 saturated heterocycles. The second-order valence-electron chi connectivity index (χ2n) is 15.9. The molecule has 3 aromatic carbocycles. The zero-order chi connectivity index (χ0) is 42.7. The summed E-state index contributed by atoms with van der Waals surface area (Å²) >= 11 is 3.35. The van der Waals surface area contributed by atoms with Crippen molar-refractivity contribution in [3.63, 3.8) is 0 Å². The molecule has 0 unspecified atom stereocenters.